The molecule has 2 aromatic rings. The summed E-state index contributed by atoms with van der Waals surface area (Å²) in [5, 5.41) is 11.9. The second-order valence-corrected chi connectivity index (χ2v) is 12.0. The molecule has 0 unspecified atom stereocenters. The molecule has 0 bridgehead atoms. The first-order chi connectivity index (χ1) is 15.8. The van der Waals surface area contributed by atoms with Gasteiger partial charge >= 0.3 is 6.18 Å². The molecule has 2 aliphatic heterocycles. The lowest BCUT2D eigenvalue weighted by Crippen LogP contribution is -2.48. The highest BCUT2D eigenvalue weighted by molar-refractivity contribution is 7.91. The average molecular weight is 515 g/mol. The van der Waals surface area contributed by atoms with Crippen LogP contribution in [0.3, 0.4) is 0 Å². The van der Waals surface area contributed by atoms with Gasteiger partial charge in [0.15, 0.2) is 5.60 Å². The Labute approximate surface area is 201 Å². The van der Waals surface area contributed by atoms with Gasteiger partial charge in [-0.3, -0.25) is 0 Å². The van der Waals surface area contributed by atoms with E-state index in [1.54, 1.807) is 17.5 Å². The summed E-state index contributed by atoms with van der Waals surface area (Å²) in [5.41, 5.74) is -2.76. The molecule has 34 heavy (non-hydrogen) atoms. The maximum absolute atomic E-state index is 13.4. The number of anilines is 1. The fraction of sp³-hybridized carbons (Fsp3) is 0.478. The Morgan fingerprint density at radius 2 is 1.82 bits per heavy atom. The number of piperazine rings is 1. The predicted molar refractivity (Wildman–Crippen MR) is 123 cm³/mol. The van der Waals surface area contributed by atoms with E-state index in [0.717, 1.165) is 11.3 Å². The van der Waals surface area contributed by atoms with Crippen molar-refractivity contribution in [1.82, 2.24) is 4.31 Å². The summed E-state index contributed by atoms with van der Waals surface area (Å²) in [6.45, 7) is 4.69. The quantitative estimate of drug-likeness (QED) is 0.634. The molecular formula is C23H25F3N2O4S2. The van der Waals surface area contributed by atoms with Gasteiger partial charge in [0.2, 0.25) is 0 Å². The summed E-state index contributed by atoms with van der Waals surface area (Å²) in [4.78, 5) is 1.91. The Balaban J connectivity index is 1.62. The minimum Gasteiger partial charge on any atom is -0.378 e. The molecule has 0 amide bonds. The molecule has 2 saturated heterocycles. The molecule has 1 atom stereocenters. The van der Waals surface area contributed by atoms with Gasteiger partial charge in [0.05, 0.1) is 24.3 Å². The second kappa shape index (κ2) is 8.84. The van der Waals surface area contributed by atoms with E-state index >= 15 is 0 Å². The molecule has 2 fully saturated rings. The summed E-state index contributed by atoms with van der Waals surface area (Å²) in [6.07, 6.45) is -4.85. The smallest absolute Gasteiger partial charge is 0.378 e. The van der Waals surface area contributed by atoms with Gasteiger partial charge in [0.1, 0.15) is 4.21 Å². The molecule has 2 aliphatic rings. The predicted octanol–water partition coefficient (Wildman–Crippen LogP) is 3.42. The number of rotatable bonds is 4. The highest BCUT2D eigenvalue weighted by Gasteiger charge is 2.51. The second-order valence-electron chi connectivity index (χ2n) is 8.93. The fourth-order valence-electron chi connectivity index (χ4n) is 3.78. The summed E-state index contributed by atoms with van der Waals surface area (Å²) in [6, 6.07) is 7.28. The van der Waals surface area contributed by atoms with Gasteiger partial charge in [-0.25, -0.2) is 8.42 Å². The van der Waals surface area contributed by atoms with Crippen LogP contribution in [0, 0.1) is 17.3 Å². The Bertz CT molecular complexity index is 1200. The fourth-order valence-corrected chi connectivity index (χ4v) is 6.35. The van der Waals surface area contributed by atoms with Crippen molar-refractivity contribution >= 4 is 27.0 Å². The standard InChI is InChI=1S/C23H25F3N2O4S2/c1-21(15-32-16-21)8-7-17-14-18(22(2,29)23(24,25)26)5-6-19(17)27-9-11-28(12-10-27)34(30,31)20-4-3-13-33-20/h3-6,13-14,29H,9-12,15-16H2,1-2H3/t22-/m0/s1. The van der Waals surface area contributed by atoms with Crippen LogP contribution in [0.15, 0.2) is 39.9 Å². The maximum atomic E-state index is 13.4. The van der Waals surface area contributed by atoms with Crippen LogP contribution in [0.25, 0.3) is 0 Å². The number of hydrogen-bond donors (Lipinski definition) is 1. The number of sulfonamides is 1. The monoisotopic (exact) mass is 514 g/mol. The van der Waals surface area contributed by atoms with Crippen LogP contribution >= 0.6 is 11.3 Å². The number of benzene rings is 1. The summed E-state index contributed by atoms with van der Waals surface area (Å²) in [7, 11) is -3.58. The number of aliphatic hydroxyl groups is 1. The Morgan fingerprint density at radius 1 is 1.15 bits per heavy atom. The van der Waals surface area contributed by atoms with Crippen molar-refractivity contribution in [1.29, 1.82) is 0 Å². The molecule has 0 saturated carbocycles. The van der Waals surface area contributed by atoms with Crippen LogP contribution in [-0.4, -0.2) is 63.4 Å². The van der Waals surface area contributed by atoms with Crippen LogP contribution in [0.1, 0.15) is 25.0 Å². The van der Waals surface area contributed by atoms with Crippen molar-refractivity contribution in [2.45, 2.75) is 29.8 Å². The highest BCUT2D eigenvalue weighted by atomic mass is 32.2. The van der Waals surface area contributed by atoms with Crippen LogP contribution in [0.5, 0.6) is 0 Å². The Morgan fingerprint density at radius 3 is 2.35 bits per heavy atom. The van der Waals surface area contributed by atoms with E-state index in [4.69, 9.17) is 4.74 Å². The molecular weight excluding hydrogens is 489 g/mol. The first kappa shape index (κ1) is 25.0. The third-order valence-corrected chi connectivity index (χ3v) is 9.39. The van der Waals surface area contributed by atoms with Gasteiger partial charge in [0, 0.05) is 31.7 Å². The molecule has 4 rings (SSSR count). The summed E-state index contributed by atoms with van der Waals surface area (Å²) in [5.74, 6) is 6.09. The lowest BCUT2D eigenvalue weighted by molar-refractivity contribution is -0.258. The van der Waals surface area contributed by atoms with Crippen LogP contribution in [0.4, 0.5) is 18.9 Å². The van der Waals surface area contributed by atoms with E-state index < -0.39 is 21.8 Å². The number of ether oxygens (including phenoxy) is 1. The first-order valence-electron chi connectivity index (χ1n) is 10.7. The van der Waals surface area contributed by atoms with Gasteiger partial charge in [-0.2, -0.15) is 17.5 Å². The zero-order valence-electron chi connectivity index (χ0n) is 18.7. The van der Waals surface area contributed by atoms with Gasteiger partial charge in [-0.1, -0.05) is 24.0 Å². The van der Waals surface area contributed by atoms with E-state index in [1.807, 2.05) is 11.8 Å². The lowest BCUT2D eigenvalue weighted by atomic mass is 9.88. The lowest BCUT2D eigenvalue weighted by Gasteiger charge is -2.36. The largest absolute Gasteiger partial charge is 0.421 e. The van der Waals surface area contributed by atoms with Gasteiger partial charge in [0.25, 0.3) is 10.0 Å². The number of alkyl halides is 3. The van der Waals surface area contributed by atoms with E-state index in [0.29, 0.717) is 44.5 Å². The number of nitrogens with zero attached hydrogens (tertiary/aromatic N) is 2. The summed E-state index contributed by atoms with van der Waals surface area (Å²) >= 11 is 1.16. The SMILES string of the molecule is CC1(C#Cc2cc([C@](C)(O)C(F)(F)F)ccc2N2CCN(S(=O)(=O)c3cccs3)CC2)COC1. The van der Waals surface area contributed by atoms with Crippen molar-refractivity contribution in [3.05, 3.63) is 46.8 Å². The zero-order chi connectivity index (χ0) is 24.8. The summed E-state index contributed by atoms with van der Waals surface area (Å²) < 4.78 is 72.8. The van der Waals surface area contributed by atoms with Gasteiger partial charge in [-0.05, 0) is 43.0 Å². The van der Waals surface area contributed by atoms with Crippen LogP contribution in [-0.2, 0) is 20.4 Å². The topological polar surface area (TPSA) is 70.1 Å². The Hall–Kier alpha value is -2.10. The molecule has 6 nitrogen and oxygen atoms in total. The van der Waals surface area contributed by atoms with Crippen LogP contribution < -0.4 is 4.90 Å². The van der Waals surface area contributed by atoms with Crippen molar-refractivity contribution in [3.8, 4) is 11.8 Å². The number of thiophene rings is 1. The molecule has 1 aromatic heterocycles. The van der Waals surface area contributed by atoms with Crippen molar-refractivity contribution < 1.29 is 31.4 Å². The molecule has 0 radical (unpaired) electrons. The Kier molecular flexibility index (Phi) is 6.50. The highest BCUT2D eigenvalue weighted by Crippen LogP contribution is 2.40. The molecule has 0 aliphatic carbocycles. The van der Waals surface area contributed by atoms with Crippen LogP contribution in [0.2, 0.25) is 0 Å². The molecule has 184 valence electrons. The van der Waals surface area contributed by atoms with E-state index in [-0.39, 0.29) is 28.3 Å². The molecule has 1 aromatic carbocycles. The van der Waals surface area contributed by atoms with E-state index in [9.17, 15) is 26.7 Å². The average Bonchev–Trinajstić information content (AvgIpc) is 3.31. The first-order valence-corrected chi connectivity index (χ1v) is 13.0. The van der Waals surface area contributed by atoms with Crippen molar-refractivity contribution in [2.75, 3.05) is 44.3 Å². The third-order valence-electron chi connectivity index (χ3n) is 6.12. The van der Waals surface area contributed by atoms with Crippen molar-refractivity contribution in [2.24, 2.45) is 5.41 Å². The molecule has 1 N–H and O–H groups in total. The van der Waals surface area contributed by atoms with Gasteiger partial charge < -0.3 is 14.7 Å². The van der Waals surface area contributed by atoms with Gasteiger partial charge in [-0.15, -0.1) is 11.3 Å². The minimum atomic E-state index is -4.85. The van der Waals surface area contributed by atoms with Crippen molar-refractivity contribution in [3.63, 3.8) is 0 Å². The van der Waals surface area contributed by atoms with E-state index in [2.05, 4.69) is 11.8 Å². The minimum absolute atomic E-state index is 0.237. The molecule has 11 heteroatoms. The number of halogens is 3. The number of hydrogen-bond acceptors (Lipinski definition) is 6. The zero-order valence-corrected chi connectivity index (χ0v) is 20.4. The third kappa shape index (κ3) is 4.70. The van der Waals surface area contributed by atoms with E-state index in [1.165, 1.54) is 22.5 Å². The normalized spacial score (nSPS) is 20.7. The molecule has 0 spiro atoms. The maximum Gasteiger partial charge on any atom is 0.421 e. The molecule has 3 heterocycles.